The number of hydrogen-bond acceptors (Lipinski definition) is 3. The van der Waals surface area contributed by atoms with Crippen molar-refractivity contribution in [3.05, 3.63) is 89.7 Å². The molecule has 0 atom stereocenters. The maximum atomic E-state index is 5.73. The highest BCUT2D eigenvalue weighted by Crippen LogP contribution is 2.19. The standard InChI is InChI=1S/C22H23N3OS/c1-17-7-3-4-9-19(17)16-25(15-18-8-6-12-23-14-18)22(27)24-20-10-5-11-21(13-20)26-2/h3-14H,15-16H2,1-2H3,(H,24,27). The summed E-state index contributed by atoms with van der Waals surface area (Å²) in [7, 11) is 1.66. The van der Waals surface area contributed by atoms with Gasteiger partial charge in [0.05, 0.1) is 7.11 Å². The number of pyridine rings is 1. The van der Waals surface area contributed by atoms with E-state index in [9.17, 15) is 0 Å². The zero-order chi connectivity index (χ0) is 19.1. The van der Waals surface area contributed by atoms with E-state index in [1.165, 1.54) is 11.1 Å². The number of ether oxygens (including phenoxy) is 1. The number of anilines is 1. The van der Waals surface area contributed by atoms with E-state index >= 15 is 0 Å². The van der Waals surface area contributed by atoms with Crippen molar-refractivity contribution in [2.75, 3.05) is 12.4 Å². The van der Waals surface area contributed by atoms with Gasteiger partial charge in [0.15, 0.2) is 5.11 Å². The van der Waals surface area contributed by atoms with Gasteiger partial charge >= 0.3 is 0 Å². The smallest absolute Gasteiger partial charge is 0.174 e. The second-order valence-electron chi connectivity index (χ2n) is 6.31. The fourth-order valence-electron chi connectivity index (χ4n) is 2.81. The Balaban J connectivity index is 1.81. The van der Waals surface area contributed by atoms with Gasteiger partial charge in [0.25, 0.3) is 0 Å². The average Bonchev–Trinajstić information content (AvgIpc) is 2.70. The molecule has 0 bridgehead atoms. The highest BCUT2D eigenvalue weighted by molar-refractivity contribution is 7.80. The molecule has 0 aliphatic carbocycles. The Hall–Kier alpha value is -2.92. The molecule has 0 aliphatic heterocycles. The van der Waals surface area contributed by atoms with Crippen LogP contribution in [0.1, 0.15) is 16.7 Å². The topological polar surface area (TPSA) is 37.4 Å². The molecule has 0 radical (unpaired) electrons. The summed E-state index contributed by atoms with van der Waals surface area (Å²) in [6.07, 6.45) is 3.65. The summed E-state index contributed by atoms with van der Waals surface area (Å²) in [4.78, 5) is 6.37. The van der Waals surface area contributed by atoms with Crippen LogP contribution in [0, 0.1) is 6.92 Å². The first-order valence-corrected chi connectivity index (χ1v) is 9.20. The fraction of sp³-hybridized carbons (Fsp3) is 0.182. The van der Waals surface area contributed by atoms with Crippen molar-refractivity contribution in [2.24, 2.45) is 0 Å². The molecule has 0 aliphatic rings. The number of hydrogen-bond donors (Lipinski definition) is 1. The summed E-state index contributed by atoms with van der Waals surface area (Å²) in [5, 5.41) is 4.00. The third kappa shape index (κ3) is 5.28. The Bertz CT molecular complexity index is 899. The van der Waals surface area contributed by atoms with E-state index < -0.39 is 0 Å². The second kappa shape index (κ2) is 9.14. The Kier molecular flexibility index (Phi) is 6.39. The molecular weight excluding hydrogens is 354 g/mol. The third-order valence-corrected chi connectivity index (χ3v) is 4.69. The van der Waals surface area contributed by atoms with Crippen LogP contribution < -0.4 is 10.1 Å². The van der Waals surface area contributed by atoms with Crippen LogP contribution in [0.25, 0.3) is 0 Å². The number of aromatic nitrogens is 1. The molecule has 0 saturated carbocycles. The van der Waals surface area contributed by atoms with Gasteiger partial charge < -0.3 is 15.0 Å². The van der Waals surface area contributed by atoms with Gasteiger partial charge in [-0.1, -0.05) is 36.4 Å². The summed E-state index contributed by atoms with van der Waals surface area (Å²) in [6, 6.07) is 20.1. The van der Waals surface area contributed by atoms with Gasteiger partial charge in [0.2, 0.25) is 0 Å². The van der Waals surface area contributed by atoms with Crippen molar-refractivity contribution in [1.29, 1.82) is 0 Å². The summed E-state index contributed by atoms with van der Waals surface area (Å²) < 4.78 is 5.30. The molecular formula is C22H23N3OS. The van der Waals surface area contributed by atoms with Crippen LogP contribution >= 0.6 is 12.2 Å². The van der Waals surface area contributed by atoms with Crippen LogP contribution in [-0.4, -0.2) is 22.1 Å². The third-order valence-electron chi connectivity index (χ3n) is 4.33. The van der Waals surface area contributed by atoms with Crippen molar-refractivity contribution >= 4 is 23.0 Å². The minimum atomic E-state index is 0.662. The molecule has 1 heterocycles. The SMILES string of the molecule is COc1cccc(NC(=S)N(Cc2cccnc2)Cc2ccccc2C)c1. The number of benzene rings is 2. The van der Waals surface area contributed by atoms with Gasteiger partial charge in [0.1, 0.15) is 5.75 Å². The van der Waals surface area contributed by atoms with Gasteiger partial charge in [0, 0.05) is 37.2 Å². The van der Waals surface area contributed by atoms with Gasteiger partial charge in [-0.3, -0.25) is 4.98 Å². The highest BCUT2D eigenvalue weighted by atomic mass is 32.1. The maximum Gasteiger partial charge on any atom is 0.174 e. The zero-order valence-corrected chi connectivity index (χ0v) is 16.4. The lowest BCUT2D eigenvalue weighted by atomic mass is 10.1. The summed E-state index contributed by atoms with van der Waals surface area (Å²) in [5.74, 6) is 0.792. The van der Waals surface area contributed by atoms with E-state index in [0.717, 1.165) is 23.5 Å². The van der Waals surface area contributed by atoms with Crippen molar-refractivity contribution in [2.45, 2.75) is 20.0 Å². The summed E-state index contributed by atoms with van der Waals surface area (Å²) in [5.41, 5.74) is 4.51. The monoisotopic (exact) mass is 377 g/mol. The van der Waals surface area contributed by atoms with E-state index in [2.05, 4.69) is 52.5 Å². The van der Waals surface area contributed by atoms with E-state index in [4.69, 9.17) is 17.0 Å². The van der Waals surface area contributed by atoms with Crippen LogP contribution in [-0.2, 0) is 13.1 Å². The second-order valence-corrected chi connectivity index (χ2v) is 6.69. The van der Waals surface area contributed by atoms with Crippen LogP contribution in [0.15, 0.2) is 73.1 Å². The minimum absolute atomic E-state index is 0.662. The number of nitrogens with zero attached hydrogens (tertiary/aromatic N) is 2. The molecule has 1 N–H and O–H groups in total. The largest absolute Gasteiger partial charge is 0.497 e. The first-order chi connectivity index (χ1) is 13.2. The van der Waals surface area contributed by atoms with Crippen molar-refractivity contribution in [3.8, 4) is 5.75 Å². The van der Waals surface area contributed by atoms with Gasteiger partial charge in [-0.2, -0.15) is 0 Å². The number of aryl methyl sites for hydroxylation is 1. The Labute approximate surface area is 165 Å². The lowest BCUT2D eigenvalue weighted by Crippen LogP contribution is -2.34. The van der Waals surface area contributed by atoms with E-state index in [1.54, 1.807) is 13.3 Å². The molecule has 5 heteroatoms. The van der Waals surface area contributed by atoms with Crippen LogP contribution in [0.4, 0.5) is 5.69 Å². The maximum absolute atomic E-state index is 5.73. The first-order valence-electron chi connectivity index (χ1n) is 8.79. The predicted molar refractivity (Wildman–Crippen MR) is 114 cm³/mol. The van der Waals surface area contributed by atoms with Crippen molar-refractivity contribution in [1.82, 2.24) is 9.88 Å². The van der Waals surface area contributed by atoms with Gasteiger partial charge in [-0.05, 0) is 54.0 Å². The summed E-state index contributed by atoms with van der Waals surface area (Å²) in [6.45, 7) is 3.52. The Morgan fingerprint density at radius 3 is 2.67 bits per heavy atom. The van der Waals surface area contributed by atoms with Crippen molar-refractivity contribution in [3.63, 3.8) is 0 Å². The normalized spacial score (nSPS) is 10.3. The van der Waals surface area contributed by atoms with Gasteiger partial charge in [-0.15, -0.1) is 0 Å². The first kappa shape index (κ1) is 18.9. The lowest BCUT2D eigenvalue weighted by molar-refractivity contribution is 0.410. The fourth-order valence-corrected chi connectivity index (χ4v) is 3.05. The minimum Gasteiger partial charge on any atom is -0.497 e. The molecule has 27 heavy (non-hydrogen) atoms. The Morgan fingerprint density at radius 1 is 1.07 bits per heavy atom. The molecule has 0 fully saturated rings. The number of methoxy groups -OCH3 is 1. The van der Waals surface area contributed by atoms with E-state index in [0.29, 0.717) is 11.7 Å². The molecule has 0 spiro atoms. The summed E-state index contributed by atoms with van der Waals surface area (Å²) >= 11 is 5.73. The van der Waals surface area contributed by atoms with Gasteiger partial charge in [-0.25, -0.2) is 0 Å². The molecule has 2 aromatic carbocycles. The Morgan fingerprint density at radius 2 is 1.93 bits per heavy atom. The van der Waals surface area contributed by atoms with E-state index in [1.807, 2.05) is 36.5 Å². The molecule has 138 valence electrons. The molecule has 3 aromatic rings. The molecule has 0 unspecified atom stereocenters. The number of rotatable bonds is 6. The molecule has 3 rings (SSSR count). The predicted octanol–water partition coefficient (Wildman–Crippen LogP) is 4.80. The molecule has 0 saturated heterocycles. The number of thiocarbonyl (C=S) groups is 1. The van der Waals surface area contributed by atoms with Crippen LogP contribution in [0.3, 0.4) is 0 Å². The molecule has 1 aromatic heterocycles. The number of nitrogens with one attached hydrogen (secondary N) is 1. The lowest BCUT2D eigenvalue weighted by Gasteiger charge is -2.27. The highest BCUT2D eigenvalue weighted by Gasteiger charge is 2.13. The van der Waals surface area contributed by atoms with E-state index in [-0.39, 0.29) is 0 Å². The molecule has 4 nitrogen and oxygen atoms in total. The average molecular weight is 378 g/mol. The molecule has 0 amide bonds. The van der Waals surface area contributed by atoms with Crippen LogP contribution in [0.2, 0.25) is 0 Å². The van der Waals surface area contributed by atoms with Crippen molar-refractivity contribution < 1.29 is 4.74 Å². The quantitative estimate of drug-likeness (QED) is 0.625. The zero-order valence-electron chi connectivity index (χ0n) is 15.6. The van der Waals surface area contributed by atoms with Crippen LogP contribution in [0.5, 0.6) is 5.75 Å².